The maximum absolute atomic E-state index is 6.65. The van der Waals surface area contributed by atoms with Crippen molar-refractivity contribution in [3.8, 4) is 34.2 Å². The first-order valence-corrected chi connectivity index (χ1v) is 17.3. The molecule has 0 N–H and O–H groups in total. The number of furan rings is 2. The van der Waals surface area contributed by atoms with Crippen LogP contribution in [0, 0.1) is 0 Å². The van der Waals surface area contributed by atoms with E-state index in [1.165, 1.54) is 16.4 Å². The molecule has 13 rings (SSSR count). The van der Waals surface area contributed by atoms with Gasteiger partial charge in [0.2, 0.25) is 0 Å². The summed E-state index contributed by atoms with van der Waals surface area (Å²) >= 11 is 0. The molecule has 0 unspecified atom stereocenters. The maximum Gasteiger partial charge on any atom is 0.252 e. The van der Waals surface area contributed by atoms with Crippen LogP contribution in [-0.2, 0) is 0 Å². The molecular weight excluding hydrogens is 627 g/mol. The average Bonchev–Trinajstić information content (AvgIpc) is 3.96. The van der Waals surface area contributed by atoms with E-state index in [0.29, 0.717) is 0 Å². The quantitative estimate of drug-likeness (QED) is 0.176. The number of aromatic nitrogens is 4. The maximum atomic E-state index is 6.65. The smallest absolute Gasteiger partial charge is 0.252 e. The van der Waals surface area contributed by atoms with Crippen LogP contribution in [-0.4, -0.2) is 25.8 Å². The second kappa shape index (κ2) is 9.03. The van der Waals surface area contributed by atoms with Gasteiger partial charge in [-0.05, 0) is 40.7 Å². The van der Waals surface area contributed by atoms with Crippen LogP contribution in [0.3, 0.4) is 0 Å². The van der Waals surface area contributed by atoms with Crippen LogP contribution >= 0.6 is 0 Å². The Morgan fingerprint density at radius 2 is 0.902 bits per heavy atom. The van der Waals surface area contributed by atoms with E-state index in [4.69, 9.17) is 18.8 Å². The summed E-state index contributed by atoms with van der Waals surface area (Å²) in [5.74, 6) is 1.79. The van der Waals surface area contributed by atoms with Crippen molar-refractivity contribution < 1.29 is 8.83 Å². The van der Waals surface area contributed by atoms with Gasteiger partial charge in [0.15, 0.2) is 11.2 Å². The Morgan fingerprint density at radius 1 is 0.451 bits per heavy atom. The van der Waals surface area contributed by atoms with Crippen LogP contribution in [0.5, 0.6) is 0 Å². The average molecular weight is 651 g/mol. The Balaban J connectivity index is 1.27. The Labute approximate surface area is 289 Å². The Kier molecular flexibility index (Phi) is 4.61. The molecule has 0 amide bonds. The van der Waals surface area contributed by atoms with Gasteiger partial charge in [-0.1, -0.05) is 115 Å². The molecule has 2 aliphatic heterocycles. The van der Waals surface area contributed by atoms with Crippen molar-refractivity contribution in [3.05, 3.63) is 140 Å². The number of imidazole rings is 2. The third kappa shape index (κ3) is 3.11. The molecule has 0 saturated carbocycles. The van der Waals surface area contributed by atoms with E-state index >= 15 is 0 Å². The van der Waals surface area contributed by atoms with Gasteiger partial charge in [-0.2, -0.15) is 0 Å². The predicted octanol–water partition coefficient (Wildman–Crippen LogP) is 8.64. The summed E-state index contributed by atoms with van der Waals surface area (Å²) in [6.07, 6.45) is 0. The Bertz CT molecular complexity index is 3100. The van der Waals surface area contributed by atoms with Gasteiger partial charge in [-0.25, -0.2) is 9.97 Å². The minimum absolute atomic E-state index is 0.0852. The summed E-state index contributed by atoms with van der Waals surface area (Å²) in [6.45, 7) is -0.0852. The molecule has 0 aliphatic carbocycles. The number of benzene rings is 7. The standard InChI is InChI=1S/C44H23BN4O2/c1-3-12-24(13-4-1)43-46-37-39-30(22-28-26-16-7-9-20-34(26)50-41(28)37)45-31-23-29-27-17-8-10-21-35(27)51-42(29)38-40(31)49(44(47-38)25-14-5-2-6-15-25)33-19-11-18-32(36(33)45)48(39)43/h1-23H. The largest absolute Gasteiger partial charge is 0.454 e. The molecule has 0 fully saturated rings. The van der Waals surface area contributed by atoms with E-state index in [-0.39, 0.29) is 6.71 Å². The SMILES string of the molecule is c1ccc(-c2nc3c4oc5ccccc5c4cc4c3n2-c2cccc3c2B4c2cc4c5ccccc5oc4c4nc(-c5ccccc5)n-3c24)cc1. The first-order valence-electron chi connectivity index (χ1n) is 17.3. The van der Waals surface area contributed by atoms with Crippen molar-refractivity contribution in [2.24, 2.45) is 0 Å². The lowest BCUT2D eigenvalue weighted by molar-refractivity contribution is 0.671. The van der Waals surface area contributed by atoms with Gasteiger partial charge in [-0.3, -0.25) is 9.13 Å². The predicted molar refractivity (Wildman–Crippen MR) is 206 cm³/mol. The Hall–Kier alpha value is -6.86. The van der Waals surface area contributed by atoms with Crippen LogP contribution < -0.4 is 16.4 Å². The fraction of sp³-hybridized carbons (Fsp3) is 0. The molecule has 0 atom stereocenters. The number of hydrogen-bond donors (Lipinski definition) is 0. The van der Waals surface area contributed by atoms with Crippen LogP contribution in [0.4, 0.5) is 0 Å². The highest BCUT2D eigenvalue weighted by Gasteiger charge is 2.43. The fourth-order valence-corrected chi connectivity index (χ4v) is 9.08. The number of para-hydroxylation sites is 2. The normalized spacial score (nSPS) is 13.1. The highest BCUT2D eigenvalue weighted by molar-refractivity contribution is 7.00. The lowest BCUT2D eigenvalue weighted by atomic mass is 9.34. The van der Waals surface area contributed by atoms with Crippen molar-refractivity contribution >= 4 is 89.0 Å². The van der Waals surface area contributed by atoms with Crippen molar-refractivity contribution in [1.29, 1.82) is 0 Å². The van der Waals surface area contributed by atoms with Crippen LogP contribution in [0.1, 0.15) is 0 Å². The molecule has 0 radical (unpaired) electrons. The number of rotatable bonds is 2. The first-order chi connectivity index (χ1) is 25.3. The van der Waals surface area contributed by atoms with Crippen molar-refractivity contribution in [1.82, 2.24) is 19.1 Å². The molecule has 51 heavy (non-hydrogen) atoms. The topological polar surface area (TPSA) is 61.9 Å². The minimum atomic E-state index is -0.0852. The summed E-state index contributed by atoms with van der Waals surface area (Å²) in [6, 6.07) is 49.0. The van der Waals surface area contributed by atoms with Crippen LogP contribution in [0.2, 0.25) is 0 Å². The highest BCUT2D eigenvalue weighted by Crippen LogP contribution is 2.42. The van der Waals surface area contributed by atoms with Gasteiger partial charge >= 0.3 is 0 Å². The monoisotopic (exact) mass is 650 g/mol. The molecule has 2 aliphatic rings. The van der Waals surface area contributed by atoms with E-state index in [0.717, 1.165) is 100 Å². The van der Waals surface area contributed by atoms with E-state index in [1.54, 1.807) is 0 Å². The lowest BCUT2D eigenvalue weighted by Crippen LogP contribution is -2.59. The molecule has 0 spiro atoms. The van der Waals surface area contributed by atoms with Crippen LogP contribution in [0.25, 0.3) is 100 Å². The number of nitrogens with zero attached hydrogens (tertiary/aromatic N) is 4. The second-order valence-corrected chi connectivity index (χ2v) is 13.7. The van der Waals surface area contributed by atoms with Gasteiger partial charge in [0.25, 0.3) is 6.71 Å². The van der Waals surface area contributed by atoms with Crippen molar-refractivity contribution in [2.45, 2.75) is 0 Å². The van der Waals surface area contributed by atoms with Gasteiger partial charge in [0.1, 0.15) is 33.8 Å². The highest BCUT2D eigenvalue weighted by atomic mass is 16.3. The zero-order valence-corrected chi connectivity index (χ0v) is 27.0. The molecule has 0 bridgehead atoms. The van der Waals surface area contributed by atoms with E-state index in [9.17, 15) is 0 Å². The lowest BCUT2D eigenvalue weighted by Gasteiger charge is -2.33. The van der Waals surface area contributed by atoms with E-state index < -0.39 is 0 Å². The molecule has 6 nitrogen and oxygen atoms in total. The molecule has 7 aromatic carbocycles. The summed E-state index contributed by atoms with van der Waals surface area (Å²) in [5.41, 5.74) is 15.3. The third-order valence-corrected chi connectivity index (χ3v) is 11.1. The summed E-state index contributed by atoms with van der Waals surface area (Å²) in [5, 5.41) is 4.34. The molecule has 11 aromatic rings. The molecule has 7 heteroatoms. The molecule has 234 valence electrons. The number of hydrogen-bond acceptors (Lipinski definition) is 4. The summed E-state index contributed by atoms with van der Waals surface area (Å²) < 4.78 is 18.0. The van der Waals surface area contributed by atoms with E-state index in [1.807, 2.05) is 24.3 Å². The van der Waals surface area contributed by atoms with Gasteiger partial charge in [0.05, 0.1) is 11.0 Å². The molecule has 0 saturated heterocycles. The third-order valence-electron chi connectivity index (χ3n) is 11.1. The van der Waals surface area contributed by atoms with Crippen molar-refractivity contribution in [3.63, 3.8) is 0 Å². The zero-order chi connectivity index (χ0) is 32.9. The second-order valence-electron chi connectivity index (χ2n) is 13.7. The Morgan fingerprint density at radius 3 is 1.39 bits per heavy atom. The zero-order valence-electron chi connectivity index (χ0n) is 27.0. The summed E-state index contributed by atoms with van der Waals surface area (Å²) in [7, 11) is 0. The molecule has 4 aromatic heterocycles. The van der Waals surface area contributed by atoms with Gasteiger partial charge in [-0.15, -0.1) is 0 Å². The number of fused-ring (bicyclic) bond motifs is 12. The fourth-order valence-electron chi connectivity index (χ4n) is 9.08. The molecular formula is C44H23BN4O2. The van der Waals surface area contributed by atoms with Crippen LogP contribution in [0.15, 0.2) is 148 Å². The minimum Gasteiger partial charge on any atom is -0.454 e. The summed E-state index contributed by atoms with van der Waals surface area (Å²) in [4.78, 5) is 10.9. The van der Waals surface area contributed by atoms with Crippen molar-refractivity contribution in [2.75, 3.05) is 0 Å². The van der Waals surface area contributed by atoms with E-state index in [2.05, 4.69) is 124 Å². The van der Waals surface area contributed by atoms with Gasteiger partial charge in [0, 0.05) is 44.0 Å². The van der Waals surface area contributed by atoms with Gasteiger partial charge < -0.3 is 8.83 Å². The first kappa shape index (κ1) is 26.1. The molecule has 6 heterocycles.